The Bertz CT molecular complexity index is 946. The Hall–Kier alpha value is -2.80. The molecule has 3 rings (SSSR count). The van der Waals surface area contributed by atoms with Crippen molar-refractivity contribution < 1.29 is 14.3 Å². The molecular formula is C19H19N3O3S. The molecule has 0 fully saturated rings. The van der Waals surface area contributed by atoms with Crippen LogP contribution in [0.4, 0.5) is 5.69 Å². The molecule has 2 aromatic carbocycles. The number of amides is 1. The largest absolute Gasteiger partial charge is 0.497 e. The minimum Gasteiger partial charge on any atom is -0.497 e. The van der Waals surface area contributed by atoms with E-state index in [1.165, 1.54) is 11.8 Å². The SMILES string of the molecule is COc1ccc(NC(=O)CSc2nnc(C)c3ccccc23)c(OC)c1. The Balaban J connectivity index is 1.71. The number of nitrogens with zero attached hydrogens (tertiary/aromatic N) is 2. The van der Waals surface area contributed by atoms with Crippen LogP contribution in [0.25, 0.3) is 10.8 Å². The van der Waals surface area contributed by atoms with E-state index in [0.29, 0.717) is 17.2 Å². The van der Waals surface area contributed by atoms with E-state index >= 15 is 0 Å². The normalized spacial score (nSPS) is 10.6. The zero-order valence-electron chi connectivity index (χ0n) is 14.8. The number of nitrogens with one attached hydrogen (secondary N) is 1. The molecular weight excluding hydrogens is 350 g/mol. The van der Waals surface area contributed by atoms with Crippen LogP contribution in [-0.4, -0.2) is 36.1 Å². The molecule has 1 heterocycles. The quantitative estimate of drug-likeness (QED) is 0.668. The molecule has 0 radical (unpaired) electrons. The average molecular weight is 369 g/mol. The van der Waals surface area contributed by atoms with Crippen molar-refractivity contribution in [2.75, 3.05) is 25.3 Å². The number of thioether (sulfide) groups is 1. The molecule has 1 aromatic heterocycles. The number of ether oxygens (including phenoxy) is 2. The zero-order chi connectivity index (χ0) is 18.5. The molecule has 134 valence electrons. The van der Waals surface area contributed by atoms with Gasteiger partial charge in [-0.25, -0.2) is 0 Å². The maximum Gasteiger partial charge on any atom is 0.234 e. The van der Waals surface area contributed by atoms with Crippen LogP contribution in [0.15, 0.2) is 47.5 Å². The molecule has 0 aliphatic carbocycles. The van der Waals surface area contributed by atoms with Gasteiger partial charge in [-0.2, -0.15) is 5.10 Å². The molecule has 1 amide bonds. The first-order chi connectivity index (χ1) is 12.6. The highest BCUT2D eigenvalue weighted by molar-refractivity contribution is 8.00. The van der Waals surface area contributed by atoms with Gasteiger partial charge in [0.15, 0.2) is 0 Å². The van der Waals surface area contributed by atoms with E-state index in [2.05, 4.69) is 15.5 Å². The molecule has 0 bridgehead atoms. The standard InChI is InChI=1S/C19H19N3O3S/c1-12-14-6-4-5-7-15(14)19(22-21-12)26-11-18(23)20-16-9-8-13(24-2)10-17(16)25-3/h4-10H,11H2,1-3H3,(H,20,23). The molecule has 0 spiro atoms. The van der Waals surface area contributed by atoms with Crippen LogP contribution in [0.3, 0.4) is 0 Å². The number of hydrogen-bond acceptors (Lipinski definition) is 6. The van der Waals surface area contributed by atoms with Crippen molar-refractivity contribution in [3.63, 3.8) is 0 Å². The Morgan fingerprint density at radius 3 is 2.58 bits per heavy atom. The van der Waals surface area contributed by atoms with Crippen molar-refractivity contribution in [2.24, 2.45) is 0 Å². The third-order valence-electron chi connectivity index (χ3n) is 3.86. The maximum atomic E-state index is 12.3. The molecule has 0 saturated heterocycles. The Morgan fingerprint density at radius 2 is 1.85 bits per heavy atom. The van der Waals surface area contributed by atoms with Gasteiger partial charge in [0.25, 0.3) is 0 Å². The fourth-order valence-corrected chi connectivity index (χ4v) is 3.31. The molecule has 26 heavy (non-hydrogen) atoms. The summed E-state index contributed by atoms with van der Waals surface area (Å²) in [5, 5.41) is 14.0. The monoisotopic (exact) mass is 369 g/mol. The van der Waals surface area contributed by atoms with Crippen molar-refractivity contribution in [1.82, 2.24) is 10.2 Å². The maximum absolute atomic E-state index is 12.3. The van der Waals surface area contributed by atoms with Gasteiger partial charge in [-0.05, 0) is 19.1 Å². The summed E-state index contributed by atoms with van der Waals surface area (Å²) >= 11 is 1.36. The predicted molar refractivity (Wildman–Crippen MR) is 103 cm³/mol. The number of hydrogen-bond donors (Lipinski definition) is 1. The third kappa shape index (κ3) is 3.88. The number of rotatable bonds is 6. The fourth-order valence-electron chi connectivity index (χ4n) is 2.54. The smallest absolute Gasteiger partial charge is 0.234 e. The van der Waals surface area contributed by atoms with Crippen molar-refractivity contribution in [3.8, 4) is 11.5 Å². The van der Waals surface area contributed by atoms with Gasteiger partial charge in [0.1, 0.15) is 16.5 Å². The van der Waals surface area contributed by atoms with Gasteiger partial charge >= 0.3 is 0 Å². The van der Waals surface area contributed by atoms with Crippen LogP contribution < -0.4 is 14.8 Å². The predicted octanol–water partition coefficient (Wildman–Crippen LogP) is 3.69. The van der Waals surface area contributed by atoms with Gasteiger partial charge in [0.2, 0.25) is 5.91 Å². The van der Waals surface area contributed by atoms with Crippen LogP contribution in [-0.2, 0) is 4.79 Å². The molecule has 0 unspecified atom stereocenters. The Labute approximate surface area is 155 Å². The lowest BCUT2D eigenvalue weighted by Gasteiger charge is -2.11. The van der Waals surface area contributed by atoms with Gasteiger partial charge in [-0.1, -0.05) is 36.0 Å². The highest BCUT2D eigenvalue weighted by Crippen LogP contribution is 2.30. The van der Waals surface area contributed by atoms with Gasteiger partial charge in [0, 0.05) is 16.8 Å². The number of carbonyl (C=O) groups excluding carboxylic acids is 1. The average Bonchev–Trinajstić information content (AvgIpc) is 2.68. The Kier molecular flexibility index (Phi) is 5.58. The lowest BCUT2D eigenvalue weighted by Crippen LogP contribution is -2.15. The minimum absolute atomic E-state index is 0.148. The summed E-state index contributed by atoms with van der Waals surface area (Å²) < 4.78 is 10.5. The lowest BCUT2D eigenvalue weighted by atomic mass is 10.1. The number of aromatic nitrogens is 2. The molecule has 1 N–H and O–H groups in total. The summed E-state index contributed by atoms with van der Waals surface area (Å²) in [7, 11) is 3.13. The topological polar surface area (TPSA) is 73.3 Å². The zero-order valence-corrected chi connectivity index (χ0v) is 15.6. The van der Waals surface area contributed by atoms with Crippen molar-refractivity contribution in [2.45, 2.75) is 11.9 Å². The highest BCUT2D eigenvalue weighted by Gasteiger charge is 2.12. The van der Waals surface area contributed by atoms with E-state index < -0.39 is 0 Å². The van der Waals surface area contributed by atoms with Crippen molar-refractivity contribution in [3.05, 3.63) is 48.2 Å². The summed E-state index contributed by atoms with van der Waals surface area (Å²) in [6.45, 7) is 1.92. The van der Waals surface area contributed by atoms with Crippen LogP contribution in [0.5, 0.6) is 11.5 Å². The number of aryl methyl sites for hydroxylation is 1. The highest BCUT2D eigenvalue weighted by atomic mass is 32.2. The van der Waals surface area contributed by atoms with Crippen molar-refractivity contribution >= 4 is 34.1 Å². The van der Waals surface area contributed by atoms with Crippen molar-refractivity contribution in [1.29, 1.82) is 0 Å². The molecule has 3 aromatic rings. The first-order valence-corrected chi connectivity index (χ1v) is 8.97. The summed E-state index contributed by atoms with van der Waals surface area (Å²) in [4.78, 5) is 12.3. The molecule has 0 saturated carbocycles. The first kappa shape index (κ1) is 18.0. The van der Waals surface area contributed by atoms with E-state index in [1.807, 2.05) is 31.2 Å². The molecule has 7 heteroatoms. The fraction of sp³-hybridized carbons (Fsp3) is 0.211. The summed E-state index contributed by atoms with van der Waals surface area (Å²) in [5.41, 5.74) is 1.47. The first-order valence-electron chi connectivity index (χ1n) is 7.99. The number of methoxy groups -OCH3 is 2. The third-order valence-corrected chi connectivity index (χ3v) is 4.84. The molecule has 0 atom stereocenters. The van der Waals surface area contributed by atoms with Crippen LogP contribution in [0, 0.1) is 6.92 Å². The molecule has 0 aliphatic heterocycles. The molecule has 6 nitrogen and oxygen atoms in total. The second-order valence-electron chi connectivity index (χ2n) is 5.54. The van der Waals surface area contributed by atoms with E-state index in [0.717, 1.165) is 21.5 Å². The van der Waals surface area contributed by atoms with Crippen LogP contribution in [0.2, 0.25) is 0 Å². The summed E-state index contributed by atoms with van der Waals surface area (Å²) in [6.07, 6.45) is 0. The Morgan fingerprint density at radius 1 is 1.08 bits per heavy atom. The van der Waals surface area contributed by atoms with E-state index in [-0.39, 0.29) is 11.7 Å². The van der Waals surface area contributed by atoms with Gasteiger partial charge in [0.05, 0.1) is 31.4 Å². The van der Waals surface area contributed by atoms with Gasteiger partial charge < -0.3 is 14.8 Å². The molecule has 0 aliphatic rings. The summed E-state index contributed by atoms with van der Waals surface area (Å²) in [5.74, 6) is 1.28. The van der Waals surface area contributed by atoms with Gasteiger partial charge in [-0.3, -0.25) is 4.79 Å². The second-order valence-corrected chi connectivity index (χ2v) is 6.50. The number of benzene rings is 2. The lowest BCUT2D eigenvalue weighted by molar-refractivity contribution is -0.113. The number of anilines is 1. The number of carbonyl (C=O) groups is 1. The summed E-state index contributed by atoms with van der Waals surface area (Å²) in [6, 6.07) is 13.2. The van der Waals surface area contributed by atoms with Crippen LogP contribution >= 0.6 is 11.8 Å². The minimum atomic E-state index is -0.148. The van der Waals surface area contributed by atoms with Gasteiger partial charge in [-0.15, -0.1) is 5.10 Å². The second kappa shape index (κ2) is 8.05. The van der Waals surface area contributed by atoms with E-state index in [1.54, 1.807) is 32.4 Å². The van der Waals surface area contributed by atoms with Crippen LogP contribution in [0.1, 0.15) is 5.69 Å². The van der Waals surface area contributed by atoms with E-state index in [4.69, 9.17) is 9.47 Å². The van der Waals surface area contributed by atoms with E-state index in [9.17, 15) is 4.79 Å². The number of fused-ring (bicyclic) bond motifs is 1.